The molecule has 0 bridgehead atoms. The zero-order valence-corrected chi connectivity index (χ0v) is 15.6. The van der Waals surface area contributed by atoms with Gasteiger partial charge in [0.25, 0.3) is 5.91 Å². The average Bonchev–Trinajstić information content (AvgIpc) is 3.05. The van der Waals surface area contributed by atoms with Gasteiger partial charge in [0.15, 0.2) is 5.76 Å². The highest BCUT2D eigenvalue weighted by molar-refractivity contribution is 5.91. The first-order chi connectivity index (χ1) is 12.5. The number of hydrogen-bond acceptors (Lipinski definition) is 5. The van der Waals surface area contributed by atoms with E-state index in [2.05, 4.69) is 10.2 Å². The van der Waals surface area contributed by atoms with Crippen LogP contribution >= 0.6 is 0 Å². The maximum atomic E-state index is 12.4. The van der Waals surface area contributed by atoms with Crippen LogP contribution in [0.2, 0.25) is 0 Å². The van der Waals surface area contributed by atoms with E-state index in [9.17, 15) is 14.4 Å². The maximum absolute atomic E-state index is 12.4. The molecule has 0 aliphatic carbocycles. The van der Waals surface area contributed by atoms with Crippen LogP contribution in [0.5, 0.6) is 0 Å². The van der Waals surface area contributed by atoms with E-state index in [0.29, 0.717) is 45.6 Å². The van der Waals surface area contributed by atoms with Gasteiger partial charge >= 0.3 is 0 Å². The summed E-state index contributed by atoms with van der Waals surface area (Å²) in [6.07, 6.45) is 3.30. The Morgan fingerprint density at radius 2 is 2.00 bits per heavy atom. The highest BCUT2D eigenvalue weighted by Crippen LogP contribution is 2.07. The van der Waals surface area contributed by atoms with Gasteiger partial charge in [0.1, 0.15) is 0 Å². The van der Waals surface area contributed by atoms with E-state index >= 15 is 0 Å². The lowest BCUT2D eigenvalue weighted by Gasteiger charge is -2.22. The molecule has 8 heteroatoms. The van der Waals surface area contributed by atoms with Crippen molar-refractivity contribution in [3.8, 4) is 0 Å². The minimum atomic E-state index is -0.265. The van der Waals surface area contributed by atoms with Gasteiger partial charge in [-0.2, -0.15) is 0 Å². The molecule has 1 aliphatic heterocycles. The number of furan rings is 1. The Labute approximate surface area is 154 Å². The summed E-state index contributed by atoms with van der Waals surface area (Å²) in [7, 11) is 3.50. The van der Waals surface area contributed by atoms with Crippen molar-refractivity contribution in [2.45, 2.75) is 19.3 Å². The summed E-state index contributed by atoms with van der Waals surface area (Å²) >= 11 is 0. The predicted octanol–water partition coefficient (Wildman–Crippen LogP) is 0.412. The summed E-state index contributed by atoms with van der Waals surface area (Å²) in [5, 5.41) is 2.74. The third kappa shape index (κ3) is 6.18. The van der Waals surface area contributed by atoms with E-state index in [4.69, 9.17) is 4.42 Å². The third-order valence-corrected chi connectivity index (χ3v) is 4.40. The summed E-state index contributed by atoms with van der Waals surface area (Å²) in [6, 6.07) is 3.26. The second-order valence-electron chi connectivity index (χ2n) is 6.64. The van der Waals surface area contributed by atoms with E-state index in [1.165, 1.54) is 6.26 Å². The predicted molar refractivity (Wildman–Crippen MR) is 96.6 cm³/mol. The average molecular weight is 364 g/mol. The number of amides is 3. The SMILES string of the molecule is CN(C)C(=O)CN1CCCN(C(=O)CCCNC(=O)c2ccco2)CC1. The highest BCUT2D eigenvalue weighted by atomic mass is 16.3. The second kappa shape index (κ2) is 9.96. The molecule has 1 fully saturated rings. The van der Waals surface area contributed by atoms with Crippen LogP contribution in [0.3, 0.4) is 0 Å². The van der Waals surface area contributed by atoms with E-state index in [1.807, 2.05) is 4.90 Å². The largest absolute Gasteiger partial charge is 0.459 e. The highest BCUT2D eigenvalue weighted by Gasteiger charge is 2.20. The van der Waals surface area contributed by atoms with Gasteiger partial charge in [0, 0.05) is 53.2 Å². The molecule has 1 aromatic heterocycles. The van der Waals surface area contributed by atoms with Crippen LogP contribution in [0.1, 0.15) is 29.8 Å². The lowest BCUT2D eigenvalue weighted by atomic mass is 10.2. The Bertz CT molecular complexity index is 600. The Morgan fingerprint density at radius 1 is 1.19 bits per heavy atom. The van der Waals surface area contributed by atoms with Gasteiger partial charge in [-0.1, -0.05) is 0 Å². The molecule has 8 nitrogen and oxygen atoms in total. The molecule has 2 heterocycles. The summed E-state index contributed by atoms with van der Waals surface area (Å²) in [5.41, 5.74) is 0. The number of carbonyl (C=O) groups excluding carboxylic acids is 3. The first kappa shape index (κ1) is 20.0. The van der Waals surface area contributed by atoms with Gasteiger partial charge in [0.2, 0.25) is 11.8 Å². The molecule has 144 valence electrons. The molecule has 0 spiro atoms. The molecule has 3 amide bonds. The first-order valence-electron chi connectivity index (χ1n) is 8.99. The topological polar surface area (TPSA) is 86.1 Å². The quantitative estimate of drug-likeness (QED) is 0.709. The van der Waals surface area contributed by atoms with Crippen LogP contribution in [-0.4, -0.2) is 85.8 Å². The van der Waals surface area contributed by atoms with Crippen molar-refractivity contribution in [2.24, 2.45) is 0 Å². The van der Waals surface area contributed by atoms with Crippen molar-refractivity contribution in [3.63, 3.8) is 0 Å². The molecule has 0 atom stereocenters. The molecule has 26 heavy (non-hydrogen) atoms. The fourth-order valence-electron chi connectivity index (χ4n) is 2.81. The van der Waals surface area contributed by atoms with Crippen molar-refractivity contribution >= 4 is 17.7 Å². The van der Waals surface area contributed by atoms with Gasteiger partial charge < -0.3 is 19.5 Å². The molecule has 1 N–H and O–H groups in total. The molecule has 0 unspecified atom stereocenters. The summed E-state index contributed by atoms with van der Waals surface area (Å²) < 4.78 is 5.02. The van der Waals surface area contributed by atoms with Gasteiger partial charge in [-0.15, -0.1) is 0 Å². The van der Waals surface area contributed by atoms with Crippen LogP contribution in [0.25, 0.3) is 0 Å². The van der Waals surface area contributed by atoms with Gasteiger partial charge in [-0.3, -0.25) is 19.3 Å². The van der Waals surface area contributed by atoms with E-state index in [-0.39, 0.29) is 23.5 Å². The number of carbonyl (C=O) groups is 3. The fraction of sp³-hybridized carbons (Fsp3) is 0.611. The van der Waals surface area contributed by atoms with Gasteiger partial charge in [-0.25, -0.2) is 0 Å². The van der Waals surface area contributed by atoms with Gasteiger partial charge in [0.05, 0.1) is 12.8 Å². The number of rotatable bonds is 7. The minimum absolute atomic E-state index is 0.0806. The lowest BCUT2D eigenvalue weighted by molar-refractivity contribution is -0.131. The number of likely N-dealkylation sites (N-methyl/N-ethyl adjacent to an activating group) is 1. The van der Waals surface area contributed by atoms with E-state index in [0.717, 1.165) is 13.0 Å². The van der Waals surface area contributed by atoms with Crippen molar-refractivity contribution in [2.75, 3.05) is 53.4 Å². The summed E-state index contributed by atoms with van der Waals surface area (Å²) in [6.45, 7) is 3.71. The van der Waals surface area contributed by atoms with Crippen LogP contribution < -0.4 is 5.32 Å². The Balaban J connectivity index is 1.66. The molecular weight excluding hydrogens is 336 g/mol. The number of nitrogens with one attached hydrogen (secondary N) is 1. The molecule has 0 aromatic carbocycles. The molecule has 1 aromatic rings. The summed E-state index contributed by atoms with van der Waals surface area (Å²) in [4.78, 5) is 41.5. The zero-order valence-electron chi connectivity index (χ0n) is 15.6. The van der Waals surface area contributed by atoms with Crippen molar-refractivity contribution < 1.29 is 18.8 Å². The van der Waals surface area contributed by atoms with Crippen molar-refractivity contribution in [3.05, 3.63) is 24.2 Å². The van der Waals surface area contributed by atoms with Crippen LogP contribution in [0.4, 0.5) is 0 Å². The molecule has 0 radical (unpaired) electrons. The molecule has 1 aliphatic rings. The van der Waals surface area contributed by atoms with Crippen molar-refractivity contribution in [1.29, 1.82) is 0 Å². The molecule has 2 rings (SSSR count). The standard InChI is InChI=1S/C18H28N4O4/c1-20(2)17(24)14-21-9-5-10-22(12-11-21)16(23)7-3-8-19-18(25)15-6-4-13-26-15/h4,6,13H,3,5,7-12,14H2,1-2H3,(H,19,25). The van der Waals surface area contributed by atoms with Crippen molar-refractivity contribution in [1.82, 2.24) is 20.0 Å². The smallest absolute Gasteiger partial charge is 0.286 e. The zero-order chi connectivity index (χ0) is 18.9. The molecular formula is C18H28N4O4. The van der Waals surface area contributed by atoms with E-state index < -0.39 is 0 Å². The number of hydrogen-bond donors (Lipinski definition) is 1. The lowest BCUT2D eigenvalue weighted by Crippen LogP contribution is -2.39. The fourth-order valence-corrected chi connectivity index (χ4v) is 2.81. The summed E-state index contributed by atoms with van der Waals surface area (Å²) in [5.74, 6) is 0.185. The van der Waals surface area contributed by atoms with E-state index in [1.54, 1.807) is 31.1 Å². The third-order valence-electron chi connectivity index (χ3n) is 4.40. The maximum Gasteiger partial charge on any atom is 0.286 e. The monoisotopic (exact) mass is 364 g/mol. The molecule has 0 saturated carbocycles. The number of nitrogens with zero attached hydrogens (tertiary/aromatic N) is 3. The normalized spacial score (nSPS) is 15.4. The second-order valence-corrected chi connectivity index (χ2v) is 6.64. The Kier molecular flexibility index (Phi) is 7.65. The minimum Gasteiger partial charge on any atom is -0.459 e. The van der Waals surface area contributed by atoms with Crippen LogP contribution in [-0.2, 0) is 9.59 Å². The van der Waals surface area contributed by atoms with Gasteiger partial charge in [-0.05, 0) is 25.0 Å². The van der Waals surface area contributed by atoms with Crippen LogP contribution in [0.15, 0.2) is 22.8 Å². The Hall–Kier alpha value is -2.35. The Morgan fingerprint density at radius 3 is 2.69 bits per heavy atom. The molecule has 1 saturated heterocycles. The van der Waals surface area contributed by atoms with Crippen LogP contribution in [0, 0.1) is 0 Å². The first-order valence-corrected chi connectivity index (χ1v) is 8.99.